The lowest BCUT2D eigenvalue weighted by atomic mass is 9.97. The molecule has 1 aromatic heterocycles. The highest BCUT2D eigenvalue weighted by atomic mass is 32.2. The Morgan fingerprint density at radius 2 is 1.88 bits per heavy atom. The van der Waals surface area contributed by atoms with Crippen molar-refractivity contribution < 1.29 is 27.1 Å². The Kier molecular flexibility index (Phi) is 6.73. The molecule has 1 aromatic carbocycles. The second-order valence-corrected chi connectivity index (χ2v) is 10.2. The molecule has 2 aliphatic rings. The molecular weight excluding hydrogens is 434 g/mol. The molecular formula is C22H29N3O6S. The standard InChI is InChI=1S/C22H29N3O6S/c1-24(2)18(19-4-3-11-29-19)15-23-22(26)16-7-9-25(10-8-16)32(27,28)17-5-6-20-21(14-17)31-13-12-30-20/h3-6,11,14,16,18H,7-10,12-13,15H2,1-2H3,(H,23,26)/t18-/m0/s1. The minimum Gasteiger partial charge on any atom is -0.486 e. The molecule has 0 radical (unpaired) electrons. The molecule has 1 saturated heterocycles. The van der Waals surface area contributed by atoms with Crippen LogP contribution in [0.3, 0.4) is 0 Å². The molecule has 1 atom stereocenters. The third kappa shape index (κ3) is 4.77. The van der Waals surface area contributed by atoms with E-state index in [1.165, 1.54) is 16.4 Å². The third-order valence-electron chi connectivity index (χ3n) is 5.94. The molecule has 0 unspecified atom stereocenters. The fourth-order valence-corrected chi connectivity index (χ4v) is 5.54. The van der Waals surface area contributed by atoms with Crippen molar-refractivity contribution in [2.75, 3.05) is 46.9 Å². The quantitative estimate of drug-likeness (QED) is 0.669. The van der Waals surface area contributed by atoms with Crippen LogP contribution in [0.4, 0.5) is 0 Å². The Morgan fingerprint density at radius 3 is 2.53 bits per heavy atom. The maximum Gasteiger partial charge on any atom is 0.243 e. The fourth-order valence-electron chi connectivity index (χ4n) is 4.05. The number of hydrogen-bond donors (Lipinski definition) is 1. The Balaban J connectivity index is 1.33. The SMILES string of the molecule is CN(C)[C@@H](CNC(=O)C1CCN(S(=O)(=O)c2ccc3c(c2)OCCO3)CC1)c1ccco1. The molecule has 1 fully saturated rings. The molecule has 0 aliphatic carbocycles. The van der Waals surface area contributed by atoms with Gasteiger partial charge in [0.25, 0.3) is 0 Å². The van der Waals surface area contributed by atoms with Crippen molar-refractivity contribution >= 4 is 15.9 Å². The number of nitrogens with one attached hydrogen (secondary N) is 1. The first-order valence-electron chi connectivity index (χ1n) is 10.7. The van der Waals surface area contributed by atoms with Gasteiger partial charge in [0.2, 0.25) is 15.9 Å². The van der Waals surface area contributed by atoms with Crippen LogP contribution in [0.2, 0.25) is 0 Å². The number of piperidine rings is 1. The molecule has 174 valence electrons. The highest BCUT2D eigenvalue weighted by Gasteiger charge is 2.33. The van der Waals surface area contributed by atoms with Crippen LogP contribution in [0.25, 0.3) is 0 Å². The molecule has 4 rings (SSSR count). The molecule has 1 N–H and O–H groups in total. The van der Waals surface area contributed by atoms with Crippen LogP contribution in [-0.2, 0) is 14.8 Å². The van der Waals surface area contributed by atoms with Gasteiger partial charge in [0.05, 0.1) is 17.2 Å². The number of fused-ring (bicyclic) bond motifs is 1. The van der Waals surface area contributed by atoms with E-state index in [0.29, 0.717) is 57.2 Å². The van der Waals surface area contributed by atoms with Gasteiger partial charge in [-0.25, -0.2) is 8.42 Å². The van der Waals surface area contributed by atoms with Gasteiger partial charge in [-0.15, -0.1) is 0 Å². The predicted octanol–water partition coefficient (Wildman–Crippen LogP) is 1.87. The summed E-state index contributed by atoms with van der Waals surface area (Å²) in [4.78, 5) is 14.9. The van der Waals surface area contributed by atoms with Crippen LogP contribution in [-0.4, -0.2) is 70.5 Å². The number of nitrogens with zero attached hydrogens (tertiary/aromatic N) is 2. The average Bonchev–Trinajstić information content (AvgIpc) is 3.33. The van der Waals surface area contributed by atoms with Gasteiger partial charge in [-0.2, -0.15) is 4.31 Å². The van der Waals surface area contributed by atoms with Gasteiger partial charge in [0.15, 0.2) is 11.5 Å². The topological polar surface area (TPSA) is 101 Å². The van der Waals surface area contributed by atoms with Gasteiger partial charge in [-0.05, 0) is 51.2 Å². The van der Waals surface area contributed by atoms with Crippen molar-refractivity contribution in [3.8, 4) is 11.5 Å². The third-order valence-corrected chi connectivity index (χ3v) is 7.84. The van der Waals surface area contributed by atoms with E-state index in [2.05, 4.69) is 5.32 Å². The van der Waals surface area contributed by atoms with Gasteiger partial charge in [-0.1, -0.05) is 0 Å². The lowest BCUT2D eigenvalue weighted by Crippen LogP contribution is -2.44. The summed E-state index contributed by atoms with van der Waals surface area (Å²) in [5, 5.41) is 3.00. The summed E-state index contributed by atoms with van der Waals surface area (Å²) in [6, 6.07) is 8.33. The number of ether oxygens (including phenoxy) is 2. The van der Waals surface area contributed by atoms with Crippen LogP contribution in [0.1, 0.15) is 24.6 Å². The van der Waals surface area contributed by atoms with Gasteiger partial charge >= 0.3 is 0 Å². The van der Waals surface area contributed by atoms with Crippen molar-refractivity contribution in [2.24, 2.45) is 5.92 Å². The van der Waals surface area contributed by atoms with Crippen molar-refractivity contribution in [2.45, 2.75) is 23.8 Å². The summed E-state index contributed by atoms with van der Waals surface area (Å²) in [5.41, 5.74) is 0. The summed E-state index contributed by atoms with van der Waals surface area (Å²) in [7, 11) is 0.198. The van der Waals surface area contributed by atoms with Gasteiger partial charge in [0, 0.05) is 31.6 Å². The zero-order valence-electron chi connectivity index (χ0n) is 18.3. The molecule has 1 amide bonds. The number of amides is 1. The molecule has 0 spiro atoms. The van der Waals surface area contributed by atoms with Crippen LogP contribution < -0.4 is 14.8 Å². The van der Waals surface area contributed by atoms with E-state index < -0.39 is 10.0 Å². The van der Waals surface area contributed by atoms with Crippen molar-refractivity contribution in [3.05, 3.63) is 42.4 Å². The highest BCUT2D eigenvalue weighted by Crippen LogP contribution is 2.34. The van der Waals surface area contributed by atoms with E-state index in [9.17, 15) is 13.2 Å². The van der Waals surface area contributed by atoms with Gasteiger partial charge in [-0.3, -0.25) is 9.69 Å². The summed E-state index contributed by atoms with van der Waals surface area (Å²) in [6.07, 6.45) is 2.57. The van der Waals surface area contributed by atoms with Gasteiger partial charge in [0.1, 0.15) is 19.0 Å². The number of benzene rings is 1. The Labute approximate surface area is 188 Å². The minimum atomic E-state index is -3.66. The number of likely N-dealkylation sites (N-methyl/N-ethyl adjacent to an activating group) is 1. The van der Waals surface area contributed by atoms with Crippen molar-refractivity contribution in [1.29, 1.82) is 0 Å². The number of carbonyl (C=O) groups is 1. The molecule has 2 aliphatic heterocycles. The number of sulfonamides is 1. The zero-order valence-corrected chi connectivity index (χ0v) is 19.1. The van der Waals surface area contributed by atoms with Crippen LogP contribution in [0, 0.1) is 5.92 Å². The molecule has 0 bridgehead atoms. The largest absolute Gasteiger partial charge is 0.486 e. The number of hydrogen-bond acceptors (Lipinski definition) is 7. The lowest BCUT2D eigenvalue weighted by molar-refractivity contribution is -0.126. The van der Waals surface area contributed by atoms with Crippen LogP contribution in [0.15, 0.2) is 45.9 Å². The molecule has 2 aromatic rings. The molecule has 32 heavy (non-hydrogen) atoms. The molecule has 0 saturated carbocycles. The van der Waals surface area contributed by atoms with Gasteiger partial charge < -0.3 is 19.2 Å². The average molecular weight is 464 g/mol. The zero-order chi connectivity index (χ0) is 22.7. The minimum absolute atomic E-state index is 0.0558. The summed E-state index contributed by atoms with van der Waals surface area (Å²) < 4.78 is 44.1. The lowest BCUT2D eigenvalue weighted by Gasteiger charge is -2.31. The summed E-state index contributed by atoms with van der Waals surface area (Å²) >= 11 is 0. The molecule has 9 nitrogen and oxygen atoms in total. The van der Waals surface area contributed by atoms with E-state index >= 15 is 0 Å². The molecule has 10 heteroatoms. The second kappa shape index (κ2) is 9.51. The summed E-state index contributed by atoms with van der Waals surface area (Å²) in [6.45, 7) is 1.86. The smallest absolute Gasteiger partial charge is 0.243 e. The molecule has 3 heterocycles. The maximum atomic E-state index is 13.1. The normalized spacial score (nSPS) is 18.5. The first-order valence-corrected chi connectivity index (χ1v) is 12.2. The van der Waals surface area contributed by atoms with E-state index in [0.717, 1.165) is 5.76 Å². The van der Waals surface area contributed by atoms with E-state index in [4.69, 9.17) is 13.9 Å². The number of furan rings is 1. The van der Waals surface area contributed by atoms with Crippen molar-refractivity contribution in [3.63, 3.8) is 0 Å². The number of carbonyl (C=O) groups excluding carboxylic acids is 1. The fraction of sp³-hybridized carbons (Fsp3) is 0.500. The predicted molar refractivity (Wildman–Crippen MR) is 117 cm³/mol. The first kappa shape index (κ1) is 22.6. The van der Waals surface area contributed by atoms with E-state index in [1.807, 2.05) is 31.1 Å². The highest BCUT2D eigenvalue weighted by molar-refractivity contribution is 7.89. The maximum absolute atomic E-state index is 13.1. The van der Waals surface area contributed by atoms with Crippen molar-refractivity contribution in [1.82, 2.24) is 14.5 Å². The van der Waals surface area contributed by atoms with E-state index in [1.54, 1.807) is 12.3 Å². The monoisotopic (exact) mass is 463 g/mol. The Morgan fingerprint density at radius 1 is 1.16 bits per heavy atom. The van der Waals surface area contributed by atoms with Crippen LogP contribution >= 0.6 is 0 Å². The Hall–Kier alpha value is -2.56. The van der Waals surface area contributed by atoms with Crippen LogP contribution in [0.5, 0.6) is 11.5 Å². The number of rotatable bonds is 7. The Bertz CT molecular complexity index is 1030. The first-order chi connectivity index (χ1) is 15.4. The second-order valence-electron chi connectivity index (χ2n) is 8.22. The van der Waals surface area contributed by atoms with E-state index in [-0.39, 0.29) is 22.8 Å². The summed E-state index contributed by atoms with van der Waals surface area (Å²) in [5.74, 6) is 1.51.